The first-order valence-corrected chi connectivity index (χ1v) is 10.6. The van der Waals surface area contributed by atoms with E-state index in [4.69, 9.17) is 0 Å². The number of anilines is 4. The third-order valence-electron chi connectivity index (χ3n) is 5.84. The molecule has 0 atom stereocenters. The Morgan fingerprint density at radius 3 is 2.61 bits per heavy atom. The second-order valence-corrected chi connectivity index (χ2v) is 8.08. The molecule has 1 saturated heterocycles. The number of piperazine rings is 1. The van der Waals surface area contributed by atoms with Crippen LogP contribution in [0, 0.1) is 11.3 Å². The Kier molecular flexibility index (Phi) is 4.82. The van der Waals surface area contributed by atoms with Crippen LogP contribution in [0.4, 0.5) is 23.1 Å². The summed E-state index contributed by atoms with van der Waals surface area (Å²) < 4.78 is 0. The molecule has 4 N–H and O–H groups in total. The number of carbonyl (C=O) groups excluding carboxylic acids is 1. The normalized spacial score (nSPS) is 16.3. The molecule has 1 saturated carbocycles. The van der Waals surface area contributed by atoms with Gasteiger partial charge in [0.15, 0.2) is 0 Å². The summed E-state index contributed by atoms with van der Waals surface area (Å²) >= 11 is 0. The van der Waals surface area contributed by atoms with Crippen molar-refractivity contribution in [1.82, 2.24) is 14.9 Å². The Morgan fingerprint density at radius 1 is 1.23 bits per heavy atom. The van der Waals surface area contributed by atoms with Gasteiger partial charge in [-0.15, -0.1) is 0 Å². The average Bonchev–Trinajstić information content (AvgIpc) is 3.50. The van der Waals surface area contributed by atoms with E-state index in [2.05, 4.69) is 48.7 Å². The minimum absolute atomic E-state index is 0.138. The van der Waals surface area contributed by atoms with Crippen LogP contribution in [0.2, 0.25) is 0 Å². The number of amides is 1. The highest BCUT2D eigenvalue weighted by atomic mass is 16.2. The van der Waals surface area contributed by atoms with Crippen molar-refractivity contribution < 1.29 is 9.78 Å². The lowest BCUT2D eigenvalue weighted by atomic mass is 10.2. The summed E-state index contributed by atoms with van der Waals surface area (Å²) in [5.41, 5.74) is 3.29. The maximum absolute atomic E-state index is 11.5. The van der Waals surface area contributed by atoms with Gasteiger partial charge in [0, 0.05) is 45.0 Å². The van der Waals surface area contributed by atoms with E-state index in [0.717, 1.165) is 61.6 Å². The molecule has 2 fully saturated rings. The van der Waals surface area contributed by atoms with Gasteiger partial charge in [-0.05, 0) is 37.1 Å². The van der Waals surface area contributed by atoms with Crippen molar-refractivity contribution in [3.8, 4) is 6.07 Å². The van der Waals surface area contributed by atoms with Crippen LogP contribution in [0.3, 0.4) is 0 Å². The van der Waals surface area contributed by atoms with Crippen molar-refractivity contribution in [2.24, 2.45) is 0 Å². The fraction of sp³-hybridized carbons (Fsp3) is 0.364. The van der Waals surface area contributed by atoms with Crippen LogP contribution >= 0.6 is 0 Å². The molecule has 1 amide bonds. The first-order valence-electron chi connectivity index (χ1n) is 10.6. The molecule has 9 nitrogen and oxygen atoms in total. The van der Waals surface area contributed by atoms with Crippen LogP contribution in [0.15, 0.2) is 30.5 Å². The molecule has 1 aliphatic carbocycles. The summed E-state index contributed by atoms with van der Waals surface area (Å²) in [5, 5.41) is 17.0. The molecule has 1 aromatic carbocycles. The van der Waals surface area contributed by atoms with Crippen molar-refractivity contribution in [2.45, 2.75) is 25.8 Å². The molecule has 158 valence electrons. The number of aromatic amines is 2. The lowest BCUT2D eigenvalue weighted by Gasteiger charge is -2.35. The minimum Gasteiger partial charge on any atom is -0.368 e. The van der Waals surface area contributed by atoms with Crippen molar-refractivity contribution in [2.75, 3.05) is 41.7 Å². The number of benzene rings is 1. The van der Waals surface area contributed by atoms with Crippen LogP contribution in [0.5, 0.6) is 0 Å². The zero-order valence-corrected chi connectivity index (χ0v) is 17.4. The van der Waals surface area contributed by atoms with Gasteiger partial charge in [0.05, 0.1) is 17.3 Å². The number of nitrogens with one attached hydrogen (secondary N) is 4. The lowest BCUT2D eigenvalue weighted by Crippen LogP contribution is -2.48. The molecular weight excluding hydrogens is 392 g/mol. The molecule has 3 heterocycles. The smallest absolute Gasteiger partial charge is 0.351 e. The number of aromatic nitrogens is 3. The molecule has 31 heavy (non-hydrogen) atoms. The highest BCUT2D eigenvalue weighted by Crippen LogP contribution is 2.29. The number of fused-ring (bicyclic) bond motifs is 1. The van der Waals surface area contributed by atoms with Gasteiger partial charge in [-0.2, -0.15) is 5.26 Å². The Hall–Kier alpha value is -3.80. The number of nitriles is 1. The third kappa shape index (κ3) is 3.97. The Bertz CT molecular complexity index is 1150. The highest BCUT2D eigenvalue weighted by molar-refractivity contribution is 5.91. The van der Waals surface area contributed by atoms with Gasteiger partial charge in [0.1, 0.15) is 11.5 Å². The molecule has 0 bridgehead atoms. The number of H-pyrrole nitrogens is 2. The van der Waals surface area contributed by atoms with Crippen LogP contribution in [-0.4, -0.2) is 53.0 Å². The van der Waals surface area contributed by atoms with Crippen LogP contribution in [-0.2, 0) is 4.79 Å². The average molecular weight is 417 g/mol. The standard InChI is InChI=1S/C22H24N8O/c1-14(31)29-8-10-30(11-9-29)18-6-4-17(5-7-18)26-22-27-20-19(15(12-23)13-24-20)21(28-22)25-16-2-3-16/h4-7,13,16H,2-3,8-11H2,1H3,(H3,24,25,26,27,28)/p+1. The van der Waals surface area contributed by atoms with E-state index in [1.165, 1.54) is 0 Å². The predicted molar refractivity (Wildman–Crippen MR) is 118 cm³/mol. The number of rotatable bonds is 5. The first-order chi connectivity index (χ1) is 15.1. The monoisotopic (exact) mass is 417 g/mol. The Labute approximate surface area is 180 Å². The SMILES string of the molecule is CC(=O)N1CCN(c2ccc(Nc3nc4[nH]cc(C#N)c4c(NC4CC4)[nH+]3)cc2)CC1. The number of carbonyl (C=O) groups is 1. The summed E-state index contributed by atoms with van der Waals surface area (Å²) in [7, 11) is 0. The van der Waals surface area contributed by atoms with Crippen molar-refractivity contribution in [3.63, 3.8) is 0 Å². The summed E-state index contributed by atoms with van der Waals surface area (Å²) in [6, 6.07) is 10.9. The summed E-state index contributed by atoms with van der Waals surface area (Å²) in [5.74, 6) is 1.55. The lowest BCUT2D eigenvalue weighted by molar-refractivity contribution is -0.345. The second-order valence-electron chi connectivity index (χ2n) is 8.08. The van der Waals surface area contributed by atoms with Crippen molar-refractivity contribution >= 4 is 40.1 Å². The largest absolute Gasteiger partial charge is 0.368 e. The molecule has 1 aliphatic heterocycles. The molecular formula is C22H25N8O+. The zero-order valence-electron chi connectivity index (χ0n) is 17.4. The molecule has 0 unspecified atom stereocenters. The summed E-state index contributed by atoms with van der Waals surface area (Å²) in [6.07, 6.45) is 3.96. The van der Waals surface area contributed by atoms with E-state index >= 15 is 0 Å². The molecule has 3 aromatic rings. The molecule has 2 aliphatic rings. The number of hydrogen-bond donors (Lipinski definition) is 3. The van der Waals surface area contributed by atoms with E-state index in [1.807, 2.05) is 17.0 Å². The summed E-state index contributed by atoms with van der Waals surface area (Å²) in [4.78, 5) is 26.7. The second kappa shape index (κ2) is 7.80. The number of nitrogens with zero attached hydrogens (tertiary/aromatic N) is 4. The van der Waals surface area contributed by atoms with Gasteiger partial charge >= 0.3 is 5.95 Å². The third-order valence-corrected chi connectivity index (χ3v) is 5.84. The van der Waals surface area contributed by atoms with Gasteiger partial charge in [-0.25, -0.2) is 4.98 Å². The minimum atomic E-state index is 0.138. The van der Waals surface area contributed by atoms with E-state index in [-0.39, 0.29) is 5.91 Å². The van der Waals surface area contributed by atoms with Crippen LogP contribution in [0.25, 0.3) is 11.0 Å². The first kappa shape index (κ1) is 19.2. The molecule has 9 heteroatoms. The highest BCUT2D eigenvalue weighted by Gasteiger charge is 2.27. The van der Waals surface area contributed by atoms with E-state index in [1.54, 1.807) is 13.1 Å². The number of hydrogen-bond acceptors (Lipinski definition) is 6. The zero-order chi connectivity index (χ0) is 21.4. The van der Waals surface area contributed by atoms with Gasteiger partial charge in [-0.3, -0.25) is 10.1 Å². The maximum Gasteiger partial charge on any atom is 0.351 e. The molecule has 0 spiro atoms. The molecule has 2 aromatic heterocycles. The Balaban J connectivity index is 1.33. The van der Waals surface area contributed by atoms with E-state index in [0.29, 0.717) is 23.2 Å². The van der Waals surface area contributed by atoms with Gasteiger partial charge in [0.25, 0.3) is 0 Å². The quantitative estimate of drug-likeness (QED) is 0.587. The van der Waals surface area contributed by atoms with Crippen LogP contribution in [0.1, 0.15) is 25.3 Å². The predicted octanol–water partition coefficient (Wildman–Crippen LogP) is 2.24. The van der Waals surface area contributed by atoms with Gasteiger partial charge in [-0.1, -0.05) is 4.98 Å². The van der Waals surface area contributed by atoms with E-state index < -0.39 is 0 Å². The topological polar surface area (TPSA) is 114 Å². The fourth-order valence-corrected chi connectivity index (χ4v) is 3.93. The Morgan fingerprint density at radius 2 is 1.97 bits per heavy atom. The maximum atomic E-state index is 11.5. The summed E-state index contributed by atoms with van der Waals surface area (Å²) in [6.45, 7) is 4.81. The molecule has 5 rings (SSSR count). The van der Waals surface area contributed by atoms with Gasteiger partial charge in [0.2, 0.25) is 17.4 Å². The van der Waals surface area contributed by atoms with Crippen molar-refractivity contribution in [3.05, 3.63) is 36.0 Å². The van der Waals surface area contributed by atoms with Crippen molar-refractivity contribution in [1.29, 1.82) is 5.26 Å². The fourth-order valence-electron chi connectivity index (χ4n) is 3.93. The molecule has 0 radical (unpaired) electrons. The van der Waals surface area contributed by atoms with E-state index in [9.17, 15) is 10.1 Å². The van der Waals surface area contributed by atoms with Gasteiger partial charge < -0.3 is 20.1 Å². The van der Waals surface area contributed by atoms with Crippen LogP contribution < -0.4 is 20.5 Å².